The van der Waals surface area contributed by atoms with Gasteiger partial charge in [-0.05, 0) is 55.0 Å². The van der Waals surface area contributed by atoms with Crippen LogP contribution in [-0.4, -0.2) is 32.9 Å². The minimum atomic E-state index is -3.84. The molecule has 6 rings (SSSR count). The number of sulfonamides is 1. The highest BCUT2D eigenvalue weighted by atomic mass is 32.2. The molecule has 2 aliphatic rings. The smallest absolute Gasteiger partial charge is 0.332 e. The van der Waals surface area contributed by atoms with E-state index in [4.69, 9.17) is 4.74 Å². The Bertz CT molecular complexity index is 1790. The normalized spacial score (nSPS) is 16.4. The Morgan fingerprint density at radius 2 is 1.86 bits per heavy atom. The molecule has 1 aromatic carbocycles. The second-order valence-electron chi connectivity index (χ2n) is 10.3. The van der Waals surface area contributed by atoms with Crippen LogP contribution in [0.5, 0.6) is 0 Å². The van der Waals surface area contributed by atoms with Crippen molar-refractivity contribution in [2.75, 3.05) is 0 Å². The SMILES string of the molecule is Cc1cc(Cn2c(=O)n(Cc3cnn(C)c3)c(=O)c3cc(S(=O)(=O)NC4(C)CC4)sc32)cc2c1COC2. The molecule has 1 aliphatic heterocycles. The zero-order valence-corrected chi connectivity index (χ0v) is 22.4. The van der Waals surface area contributed by atoms with E-state index in [1.165, 1.54) is 10.6 Å². The zero-order valence-electron chi connectivity index (χ0n) is 20.8. The molecule has 194 valence electrons. The summed E-state index contributed by atoms with van der Waals surface area (Å²) in [5.74, 6) is 0. The summed E-state index contributed by atoms with van der Waals surface area (Å²) < 4.78 is 38.9. The van der Waals surface area contributed by atoms with E-state index in [1.807, 2.05) is 26.0 Å². The average molecular weight is 542 g/mol. The highest BCUT2D eigenvalue weighted by Crippen LogP contribution is 2.37. The number of ether oxygens (including phenoxy) is 1. The van der Waals surface area contributed by atoms with Crippen molar-refractivity contribution < 1.29 is 13.2 Å². The molecule has 0 unspecified atom stereocenters. The first kappa shape index (κ1) is 24.3. The number of aromatic nitrogens is 4. The van der Waals surface area contributed by atoms with Crippen molar-refractivity contribution in [3.63, 3.8) is 0 Å². The van der Waals surface area contributed by atoms with E-state index in [2.05, 4.69) is 9.82 Å². The molecule has 37 heavy (non-hydrogen) atoms. The van der Waals surface area contributed by atoms with Crippen LogP contribution >= 0.6 is 11.3 Å². The largest absolute Gasteiger partial charge is 0.372 e. The van der Waals surface area contributed by atoms with Crippen LogP contribution in [0.15, 0.2) is 44.4 Å². The van der Waals surface area contributed by atoms with Crippen molar-refractivity contribution in [1.82, 2.24) is 23.6 Å². The maximum absolute atomic E-state index is 13.8. The van der Waals surface area contributed by atoms with Crippen LogP contribution in [0.25, 0.3) is 10.2 Å². The molecule has 3 aromatic heterocycles. The summed E-state index contributed by atoms with van der Waals surface area (Å²) in [6.07, 6.45) is 4.88. The maximum Gasteiger partial charge on any atom is 0.332 e. The van der Waals surface area contributed by atoms with E-state index in [1.54, 1.807) is 24.1 Å². The van der Waals surface area contributed by atoms with Crippen molar-refractivity contribution in [2.24, 2.45) is 7.05 Å². The fraction of sp³-hybridized carbons (Fsp3) is 0.400. The molecule has 12 heteroatoms. The van der Waals surface area contributed by atoms with Gasteiger partial charge < -0.3 is 4.74 Å². The Labute approximate surface area is 217 Å². The molecule has 0 atom stereocenters. The molecule has 0 spiro atoms. The molecule has 1 saturated carbocycles. The van der Waals surface area contributed by atoms with Gasteiger partial charge in [-0.2, -0.15) is 5.10 Å². The lowest BCUT2D eigenvalue weighted by Gasteiger charge is -2.13. The summed E-state index contributed by atoms with van der Waals surface area (Å²) >= 11 is 0.954. The zero-order chi connectivity index (χ0) is 26.1. The monoisotopic (exact) mass is 541 g/mol. The van der Waals surface area contributed by atoms with E-state index in [0.717, 1.165) is 51.0 Å². The molecule has 0 amide bonds. The lowest BCUT2D eigenvalue weighted by atomic mass is 10.0. The standard InChI is InChI=1S/C25H27N5O5S2/c1-15-6-16(7-18-13-35-14-20(15)18)11-30-23-19(8-21(36-23)37(33,34)27-25(2)4-5-25)22(31)29(24(30)32)12-17-9-26-28(3)10-17/h6-10,27H,4-5,11-14H2,1-3H3. The van der Waals surface area contributed by atoms with Crippen LogP contribution in [0, 0.1) is 6.92 Å². The predicted octanol–water partition coefficient (Wildman–Crippen LogP) is 2.22. The highest BCUT2D eigenvalue weighted by molar-refractivity contribution is 7.91. The molecule has 0 radical (unpaired) electrons. The van der Waals surface area contributed by atoms with Gasteiger partial charge in [0.1, 0.15) is 9.04 Å². The Balaban J connectivity index is 1.52. The lowest BCUT2D eigenvalue weighted by Crippen LogP contribution is -2.40. The Morgan fingerprint density at radius 3 is 2.57 bits per heavy atom. The minimum Gasteiger partial charge on any atom is -0.372 e. The van der Waals surface area contributed by atoms with Gasteiger partial charge in [-0.15, -0.1) is 11.3 Å². The molecule has 4 aromatic rings. The first-order valence-corrected chi connectivity index (χ1v) is 14.3. The summed E-state index contributed by atoms with van der Waals surface area (Å²) in [4.78, 5) is 27.6. The lowest BCUT2D eigenvalue weighted by molar-refractivity contribution is 0.134. The number of nitrogens with zero attached hydrogens (tertiary/aromatic N) is 4. The molecule has 1 fully saturated rings. The Morgan fingerprint density at radius 1 is 1.11 bits per heavy atom. The fourth-order valence-corrected chi connectivity index (χ4v) is 7.74. The highest BCUT2D eigenvalue weighted by Gasteiger charge is 2.41. The van der Waals surface area contributed by atoms with Gasteiger partial charge in [0.2, 0.25) is 0 Å². The summed E-state index contributed by atoms with van der Waals surface area (Å²) in [5.41, 5.74) is 3.43. The molecule has 0 saturated heterocycles. The van der Waals surface area contributed by atoms with Gasteiger partial charge in [0, 0.05) is 24.3 Å². The van der Waals surface area contributed by atoms with Gasteiger partial charge in [-0.3, -0.25) is 18.6 Å². The van der Waals surface area contributed by atoms with E-state index in [9.17, 15) is 18.0 Å². The second-order valence-corrected chi connectivity index (χ2v) is 13.2. The van der Waals surface area contributed by atoms with E-state index in [-0.39, 0.29) is 22.7 Å². The predicted molar refractivity (Wildman–Crippen MR) is 139 cm³/mol. The van der Waals surface area contributed by atoms with Crippen molar-refractivity contribution in [3.8, 4) is 0 Å². The second kappa shape index (κ2) is 8.48. The number of nitrogens with one attached hydrogen (secondary N) is 1. The first-order chi connectivity index (χ1) is 17.5. The topological polar surface area (TPSA) is 117 Å². The summed E-state index contributed by atoms with van der Waals surface area (Å²) in [6.45, 7) is 5.18. The minimum absolute atomic E-state index is 0.0264. The summed E-state index contributed by atoms with van der Waals surface area (Å²) in [7, 11) is -2.08. The average Bonchev–Trinajstić information content (AvgIpc) is 3.26. The quantitative estimate of drug-likeness (QED) is 0.384. The first-order valence-electron chi connectivity index (χ1n) is 12.0. The molecule has 1 N–H and O–H groups in total. The van der Waals surface area contributed by atoms with Crippen LogP contribution in [0.3, 0.4) is 0 Å². The van der Waals surface area contributed by atoms with Crippen molar-refractivity contribution >= 4 is 31.6 Å². The number of benzene rings is 1. The number of rotatable bonds is 7. The number of thiophene rings is 1. The van der Waals surface area contributed by atoms with Crippen molar-refractivity contribution in [3.05, 3.63) is 79.2 Å². The third-order valence-corrected chi connectivity index (χ3v) is 10.4. The van der Waals surface area contributed by atoms with E-state index in [0.29, 0.717) is 23.6 Å². The van der Waals surface area contributed by atoms with Gasteiger partial charge >= 0.3 is 5.69 Å². The summed E-state index contributed by atoms with van der Waals surface area (Å²) in [5, 5.41) is 4.34. The Kier molecular flexibility index (Phi) is 5.57. The van der Waals surface area contributed by atoms with Gasteiger partial charge in [-0.25, -0.2) is 17.9 Å². The van der Waals surface area contributed by atoms with Crippen LogP contribution in [-0.2, 0) is 48.1 Å². The van der Waals surface area contributed by atoms with Crippen LogP contribution in [0.1, 0.15) is 47.6 Å². The molecular weight excluding hydrogens is 514 g/mol. The fourth-order valence-electron chi connectivity index (χ4n) is 4.83. The van der Waals surface area contributed by atoms with E-state index >= 15 is 0 Å². The molecule has 1 aliphatic carbocycles. The van der Waals surface area contributed by atoms with Gasteiger partial charge in [0.05, 0.1) is 37.9 Å². The van der Waals surface area contributed by atoms with Crippen LogP contribution in [0.4, 0.5) is 0 Å². The number of hydrogen-bond acceptors (Lipinski definition) is 7. The van der Waals surface area contributed by atoms with Crippen LogP contribution < -0.4 is 16.0 Å². The van der Waals surface area contributed by atoms with Crippen molar-refractivity contribution in [2.45, 2.75) is 62.7 Å². The third-order valence-electron chi connectivity index (χ3n) is 7.09. The number of fused-ring (bicyclic) bond motifs is 2. The molecule has 0 bridgehead atoms. The maximum atomic E-state index is 13.8. The molecule has 10 nitrogen and oxygen atoms in total. The summed E-state index contributed by atoms with van der Waals surface area (Å²) in [6, 6.07) is 5.43. The van der Waals surface area contributed by atoms with Gasteiger partial charge in [0.25, 0.3) is 15.6 Å². The van der Waals surface area contributed by atoms with Crippen molar-refractivity contribution in [1.29, 1.82) is 0 Å². The van der Waals surface area contributed by atoms with E-state index < -0.39 is 26.8 Å². The Hall–Kier alpha value is -3.06. The molecular formula is C25H27N5O5S2. The van der Waals surface area contributed by atoms with Gasteiger partial charge in [-0.1, -0.05) is 12.1 Å². The number of aryl methyl sites for hydroxylation is 2. The number of hydrogen-bond donors (Lipinski definition) is 1. The molecule has 4 heterocycles. The van der Waals surface area contributed by atoms with Crippen LogP contribution in [0.2, 0.25) is 0 Å². The van der Waals surface area contributed by atoms with Gasteiger partial charge in [0.15, 0.2) is 0 Å². The third kappa shape index (κ3) is 4.37.